The summed E-state index contributed by atoms with van der Waals surface area (Å²) >= 11 is 0. The smallest absolute Gasteiger partial charge is 0.329 e. The highest BCUT2D eigenvalue weighted by molar-refractivity contribution is 6.01. The van der Waals surface area contributed by atoms with Gasteiger partial charge in [0.1, 0.15) is 12.4 Å². The first-order valence-electron chi connectivity index (χ1n) is 8.87. The van der Waals surface area contributed by atoms with E-state index in [4.69, 9.17) is 21.0 Å². The topological polar surface area (TPSA) is 134 Å². The van der Waals surface area contributed by atoms with Gasteiger partial charge in [-0.1, -0.05) is 31.2 Å². The standard InChI is InChI=1S/C19H25N3O5/c1-12(18(26)13-2-4-14(5-3-13)19(20)21)10-16(23)22-8-6-15(7-9-22)27-11-17(24)25/h2-5,12,15H,6-11H2,1H3,(H3,20,21)(H,24,25). The highest BCUT2D eigenvalue weighted by Crippen LogP contribution is 2.18. The van der Waals surface area contributed by atoms with Crippen LogP contribution in [0.4, 0.5) is 0 Å². The Morgan fingerprint density at radius 1 is 1.22 bits per heavy atom. The Hall–Kier alpha value is -2.74. The summed E-state index contributed by atoms with van der Waals surface area (Å²) in [6.07, 6.45) is 1.15. The van der Waals surface area contributed by atoms with Gasteiger partial charge in [-0.3, -0.25) is 15.0 Å². The van der Waals surface area contributed by atoms with E-state index in [1.165, 1.54) is 0 Å². The molecule has 8 heteroatoms. The summed E-state index contributed by atoms with van der Waals surface area (Å²) in [6.45, 7) is 2.39. The number of carboxylic acids is 1. The number of benzene rings is 1. The largest absolute Gasteiger partial charge is 0.480 e. The lowest BCUT2D eigenvalue weighted by molar-refractivity contribution is -0.147. The highest BCUT2D eigenvalue weighted by atomic mass is 16.5. The molecule has 146 valence electrons. The maximum atomic E-state index is 12.5. The molecule has 1 unspecified atom stereocenters. The van der Waals surface area contributed by atoms with E-state index in [2.05, 4.69) is 0 Å². The third-order valence-electron chi connectivity index (χ3n) is 4.65. The van der Waals surface area contributed by atoms with Gasteiger partial charge in [0.25, 0.3) is 0 Å². The lowest BCUT2D eigenvalue weighted by atomic mass is 9.94. The minimum absolute atomic E-state index is 0.0621. The molecule has 1 saturated heterocycles. The monoisotopic (exact) mass is 375 g/mol. The number of aliphatic carboxylic acids is 1. The minimum Gasteiger partial charge on any atom is -0.480 e. The number of rotatable bonds is 8. The van der Waals surface area contributed by atoms with Crippen molar-refractivity contribution < 1.29 is 24.2 Å². The Balaban J connectivity index is 1.83. The molecule has 0 spiro atoms. The number of amidine groups is 1. The number of nitrogens with zero attached hydrogens (tertiary/aromatic N) is 1. The fourth-order valence-corrected chi connectivity index (χ4v) is 3.04. The summed E-state index contributed by atoms with van der Waals surface area (Å²) in [4.78, 5) is 37.2. The van der Waals surface area contributed by atoms with Crippen molar-refractivity contribution >= 4 is 23.5 Å². The van der Waals surface area contributed by atoms with Crippen LogP contribution in [0.1, 0.15) is 42.1 Å². The molecule has 1 aliphatic heterocycles. The molecule has 0 aliphatic carbocycles. The van der Waals surface area contributed by atoms with Crippen molar-refractivity contribution in [1.29, 1.82) is 5.41 Å². The molecule has 1 aliphatic rings. The number of ketones is 1. The van der Waals surface area contributed by atoms with Crippen LogP contribution in [0.3, 0.4) is 0 Å². The third kappa shape index (κ3) is 5.89. The zero-order chi connectivity index (χ0) is 20.0. The molecule has 0 saturated carbocycles. The molecule has 0 bridgehead atoms. The Bertz CT molecular complexity index is 709. The van der Waals surface area contributed by atoms with Crippen LogP contribution in [-0.4, -0.2) is 59.3 Å². The van der Waals surface area contributed by atoms with Crippen LogP contribution in [0, 0.1) is 11.3 Å². The van der Waals surface area contributed by atoms with Gasteiger partial charge >= 0.3 is 5.97 Å². The number of hydrogen-bond donors (Lipinski definition) is 3. The molecule has 8 nitrogen and oxygen atoms in total. The van der Waals surface area contributed by atoms with Gasteiger partial charge in [0.15, 0.2) is 5.78 Å². The fraction of sp³-hybridized carbons (Fsp3) is 0.474. The van der Waals surface area contributed by atoms with Crippen molar-refractivity contribution in [3.63, 3.8) is 0 Å². The van der Waals surface area contributed by atoms with E-state index in [0.717, 1.165) is 0 Å². The second-order valence-electron chi connectivity index (χ2n) is 6.75. The lowest BCUT2D eigenvalue weighted by Gasteiger charge is -2.32. The van der Waals surface area contributed by atoms with Crippen molar-refractivity contribution in [2.24, 2.45) is 11.7 Å². The lowest BCUT2D eigenvalue weighted by Crippen LogP contribution is -2.42. The molecule has 1 atom stereocenters. The van der Waals surface area contributed by atoms with Gasteiger partial charge in [-0.05, 0) is 12.8 Å². The quantitative estimate of drug-likeness (QED) is 0.356. The van der Waals surface area contributed by atoms with Crippen LogP contribution in [0.15, 0.2) is 24.3 Å². The normalized spacial score (nSPS) is 16.0. The van der Waals surface area contributed by atoms with Crippen LogP contribution in [0.5, 0.6) is 0 Å². The predicted octanol–water partition coefficient (Wildman–Crippen LogP) is 1.27. The first kappa shape index (κ1) is 20.6. The number of hydrogen-bond acceptors (Lipinski definition) is 5. The van der Waals surface area contributed by atoms with Crippen molar-refractivity contribution in [2.75, 3.05) is 19.7 Å². The molecular formula is C19H25N3O5. The molecule has 27 heavy (non-hydrogen) atoms. The number of carboxylic acid groups (broad SMARTS) is 1. The van der Waals surface area contributed by atoms with Crippen LogP contribution in [0.25, 0.3) is 0 Å². The Labute approximate surface area is 157 Å². The average Bonchev–Trinajstić information content (AvgIpc) is 2.66. The van der Waals surface area contributed by atoms with E-state index < -0.39 is 11.9 Å². The van der Waals surface area contributed by atoms with E-state index in [1.54, 1.807) is 36.1 Å². The van der Waals surface area contributed by atoms with Gasteiger partial charge in [0.2, 0.25) is 5.91 Å². The molecule has 1 aromatic carbocycles. The van der Waals surface area contributed by atoms with Crippen LogP contribution < -0.4 is 5.73 Å². The number of likely N-dealkylation sites (tertiary alicyclic amines) is 1. The number of nitrogens with one attached hydrogen (secondary N) is 1. The van der Waals surface area contributed by atoms with Crippen molar-refractivity contribution in [3.05, 3.63) is 35.4 Å². The molecular weight excluding hydrogens is 350 g/mol. The Kier molecular flexibility index (Phi) is 7.06. The molecule has 1 amide bonds. The third-order valence-corrected chi connectivity index (χ3v) is 4.65. The second-order valence-corrected chi connectivity index (χ2v) is 6.75. The van der Waals surface area contributed by atoms with E-state index in [-0.39, 0.29) is 36.7 Å². The van der Waals surface area contributed by atoms with Gasteiger partial charge < -0.3 is 20.5 Å². The summed E-state index contributed by atoms with van der Waals surface area (Å²) < 4.78 is 5.26. The number of carbonyl (C=O) groups is 3. The molecule has 1 heterocycles. The van der Waals surface area contributed by atoms with Crippen molar-refractivity contribution in [2.45, 2.75) is 32.3 Å². The predicted molar refractivity (Wildman–Crippen MR) is 98.8 cm³/mol. The van der Waals surface area contributed by atoms with Gasteiger partial charge in [0, 0.05) is 36.6 Å². The number of Topliss-reactive ketones (excluding diaryl/α,β-unsaturated/α-hetero) is 1. The summed E-state index contributed by atoms with van der Waals surface area (Å²) in [5.74, 6) is -1.74. The van der Waals surface area contributed by atoms with Gasteiger partial charge in [-0.25, -0.2) is 4.79 Å². The molecule has 1 fully saturated rings. The molecule has 4 N–H and O–H groups in total. The molecule has 0 aromatic heterocycles. The first-order chi connectivity index (χ1) is 12.8. The van der Waals surface area contributed by atoms with E-state index in [1.807, 2.05) is 0 Å². The number of nitrogen functional groups attached to an aromatic ring is 1. The average molecular weight is 375 g/mol. The van der Waals surface area contributed by atoms with Crippen molar-refractivity contribution in [3.8, 4) is 0 Å². The highest BCUT2D eigenvalue weighted by Gasteiger charge is 2.26. The molecule has 2 rings (SSSR count). The van der Waals surface area contributed by atoms with E-state index in [9.17, 15) is 14.4 Å². The van der Waals surface area contributed by atoms with Gasteiger partial charge in [-0.15, -0.1) is 0 Å². The number of ether oxygens (including phenoxy) is 1. The number of carbonyl (C=O) groups excluding carboxylic acids is 2. The second kappa shape index (κ2) is 9.27. The van der Waals surface area contributed by atoms with Gasteiger partial charge in [-0.2, -0.15) is 0 Å². The SMILES string of the molecule is CC(CC(=O)N1CCC(OCC(=O)O)CC1)C(=O)c1ccc(C(=N)N)cc1. The summed E-state index contributed by atoms with van der Waals surface area (Å²) in [7, 11) is 0. The zero-order valence-corrected chi connectivity index (χ0v) is 15.3. The number of nitrogens with two attached hydrogens (primary N) is 1. The minimum atomic E-state index is -1.00. The van der Waals surface area contributed by atoms with Crippen LogP contribution in [-0.2, 0) is 14.3 Å². The maximum Gasteiger partial charge on any atom is 0.329 e. The molecule has 0 radical (unpaired) electrons. The first-order valence-corrected chi connectivity index (χ1v) is 8.87. The van der Waals surface area contributed by atoms with Crippen LogP contribution >= 0.6 is 0 Å². The van der Waals surface area contributed by atoms with E-state index >= 15 is 0 Å². The summed E-state index contributed by atoms with van der Waals surface area (Å²) in [6, 6.07) is 6.47. The summed E-state index contributed by atoms with van der Waals surface area (Å²) in [5.41, 5.74) is 6.43. The van der Waals surface area contributed by atoms with Gasteiger partial charge in [0.05, 0.1) is 6.10 Å². The number of amides is 1. The zero-order valence-electron chi connectivity index (χ0n) is 15.3. The molecule has 1 aromatic rings. The Morgan fingerprint density at radius 3 is 2.30 bits per heavy atom. The Morgan fingerprint density at radius 2 is 1.78 bits per heavy atom. The summed E-state index contributed by atoms with van der Waals surface area (Å²) in [5, 5.41) is 16.0. The van der Waals surface area contributed by atoms with Crippen LogP contribution in [0.2, 0.25) is 0 Å². The van der Waals surface area contributed by atoms with E-state index in [0.29, 0.717) is 37.1 Å². The fourth-order valence-electron chi connectivity index (χ4n) is 3.04. The number of piperidine rings is 1. The maximum absolute atomic E-state index is 12.5. The van der Waals surface area contributed by atoms with Crippen molar-refractivity contribution in [1.82, 2.24) is 4.90 Å².